The zero-order chi connectivity index (χ0) is 14.5. The fourth-order valence-electron chi connectivity index (χ4n) is 1.13. The highest BCUT2D eigenvalue weighted by molar-refractivity contribution is 7.88. The number of hydrogen-bond donors (Lipinski definition) is 4. The average molecular weight is 291 g/mol. The Kier molecular flexibility index (Phi) is 4.91. The summed E-state index contributed by atoms with van der Waals surface area (Å²) in [6.45, 7) is 0.181. The van der Waals surface area contributed by atoms with Gasteiger partial charge in [-0.3, -0.25) is 15.5 Å². The number of rotatable bonds is 7. The zero-order valence-corrected chi connectivity index (χ0v) is 10.8. The van der Waals surface area contributed by atoms with Gasteiger partial charge in [0.05, 0.1) is 11.2 Å². The molecule has 0 aliphatic rings. The zero-order valence-electron chi connectivity index (χ0n) is 9.95. The molecular formula is C7H13N7O4S. The molecule has 0 amide bonds. The second-order valence-corrected chi connectivity index (χ2v) is 5.26. The van der Waals surface area contributed by atoms with Crippen molar-refractivity contribution in [2.75, 3.05) is 30.1 Å². The second kappa shape index (κ2) is 6.21. The summed E-state index contributed by atoms with van der Waals surface area (Å²) in [7, 11) is -3.31. The predicted octanol–water partition coefficient (Wildman–Crippen LogP) is -1.37. The van der Waals surface area contributed by atoms with E-state index in [0.29, 0.717) is 0 Å². The highest BCUT2D eigenvalue weighted by Crippen LogP contribution is 2.21. The topological polar surface area (TPSA) is 165 Å². The average Bonchev–Trinajstić information content (AvgIpc) is 2.33. The number of aromatic nitrogens is 2. The first-order valence-corrected chi connectivity index (χ1v) is 6.89. The van der Waals surface area contributed by atoms with Crippen LogP contribution < -0.4 is 21.3 Å². The Morgan fingerprint density at radius 2 is 2.16 bits per heavy atom. The molecule has 0 saturated carbocycles. The largest absolute Gasteiger partial charge is 0.363 e. The smallest absolute Gasteiger partial charge is 0.329 e. The Morgan fingerprint density at radius 1 is 1.47 bits per heavy atom. The highest BCUT2D eigenvalue weighted by atomic mass is 32.2. The Bertz CT molecular complexity index is 561. The van der Waals surface area contributed by atoms with Gasteiger partial charge in [0, 0.05) is 13.1 Å². The van der Waals surface area contributed by atoms with E-state index in [-0.39, 0.29) is 30.5 Å². The van der Waals surface area contributed by atoms with E-state index in [4.69, 9.17) is 5.84 Å². The molecule has 0 radical (unpaired) electrons. The van der Waals surface area contributed by atoms with Crippen LogP contribution in [0, 0.1) is 10.1 Å². The maximum absolute atomic E-state index is 10.8. The van der Waals surface area contributed by atoms with Gasteiger partial charge in [-0.2, -0.15) is 4.98 Å². The molecule has 19 heavy (non-hydrogen) atoms. The third-order valence-electron chi connectivity index (χ3n) is 1.88. The summed E-state index contributed by atoms with van der Waals surface area (Å²) in [5, 5.41) is 13.4. The van der Waals surface area contributed by atoms with Gasteiger partial charge in [0.15, 0.2) is 0 Å². The van der Waals surface area contributed by atoms with Crippen LogP contribution in [0.4, 0.5) is 17.5 Å². The summed E-state index contributed by atoms with van der Waals surface area (Å²) in [5.74, 6) is 5.04. The molecule has 0 fully saturated rings. The standard InChI is InChI=1S/C7H13N7O4S/c1-19(17,18)11-3-2-9-6-5(14(15)16)4-10-7(12-6)13-8/h4,11H,2-3,8H2,1H3,(H2,9,10,12,13). The predicted molar refractivity (Wildman–Crippen MR) is 67.8 cm³/mol. The van der Waals surface area contributed by atoms with Crippen LogP contribution in [0.25, 0.3) is 0 Å². The van der Waals surface area contributed by atoms with Crippen molar-refractivity contribution in [3.63, 3.8) is 0 Å². The molecule has 0 unspecified atom stereocenters. The Morgan fingerprint density at radius 3 is 2.68 bits per heavy atom. The van der Waals surface area contributed by atoms with E-state index < -0.39 is 14.9 Å². The molecule has 1 rings (SSSR count). The summed E-state index contributed by atoms with van der Waals surface area (Å²) in [4.78, 5) is 17.5. The minimum absolute atomic E-state index is 0.00386. The fraction of sp³-hybridized carbons (Fsp3) is 0.429. The van der Waals surface area contributed by atoms with Crippen molar-refractivity contribution < 1.29 is 13.3 Å². The lowest BCUT2D eigenvalue weighted by atomic mass is 10.4. The molecule has 5 N–H and O–H groups in total. The van der Waals surface area contributed by atoms with Crippen LogP contribution in [0.1, 0.15) is 0 Å². The van der Waals surface area contributed by atoms with Crippen LogP contribution in [0.3, 0.4) is 0 Å². The van der Waals surface area contributed by atoms with Crippen molar-refractivity contribution in [2.45, 2.75) is 0 Å². The Balaban J connectivity index is 2.72. The summed E-state index contributed by atoms with van der Waals surface area (Å²) in [5.41, 5.74) is 1.82. The van der Waals surface area contributed by atoms with E-state index in [0.717, 1.165) is 12.5 Å². The SMILES string of the molecule is CS(=O)(=O)NCCNc1nc(NN)ncc1[N+](=O)[O-]. The van der Waals surface area contributed by atoms with Gasteiger partial charge >= 0.3 is 5.69 Å². The summed E-state index contributed by atoms with van der Waals surface area (Å²) >= 11 is 0. The van der Waals surface area contributed by atoms with Gasteiger partial charge in [-0.05, 0) is 0 Å². The second-order valence-electron chi connectivity index (χ2n) is 3.42. The molecule has 12 heteroatoms. The van der Waals surface area contributed by atoms with Gasteiger partial charge in [0.25, 0.3) is 0 Å². The normalized spacial score (nSPS) is 11.1. The fourth-order valence-corrected chi connectivity index (χ4v) is 1.60. The number of nitrogens with one attached hydrogen (secondary N) is 3. The molecule has 106 valence electrons. The summed E-state index contributed by atoms with van der Waals surface area (Å²) < 4.78 is 23.9. The third kappa shape index (κ3) is 4.99. The lowest BCUT2D eigenvalue weighted by Crippen LogP contribution is -2.28. The minimum Gasteiger partial charge on any atom is -0.363 e. The van der Waals surface area contributed by atoms with E-state index in [2.05, 4.69) is 25.4 Å². The van der Waals surface area contributed by atoms with E-state index >= 15 is 0 Å². The van der Waals surface area contributed by atoms with Gasteiger partial charge in [0.1, 0.15) is 6.20 Å². The molecule has 0 aromatic carbocycles. The van der Waals surface area contributed by atoms with Gasteiger partial charge in [0.2, 0.25) is 21.8 Å². The van der Waals surface area contributed by atoms with Gasteiger partial charge in [-0.1, -0.05) is 0 Å². The Labute approximate surface area is 108 Å². The van der Waals surface area contributed by atoms with Crippen molar-refractivity contribution in [2.24, 2.45) is 5.84 Å². The maximum atomic E-state index is 10.8. The van der Waals surface area contributed by atoms with Crippen LogP contribution in [-0.2, 0) is 10.0 Å². The number of nitro groups is 1. The van der Waals surface area contributed by atoms with Crippen molar-refractivity contribution >= 4 is 27.5 Å². The lowest BCUT2D eigenvalue weighted by Gasteiger charge is -2.07. The van der Waals surface area contributed by atoms with E-state index in [1.807, 2.05) is 0 Å². The summed E-state index contributed by atoms with van der Waals surface area (Å²) in [6, 6.07) is 0. The molecule has 0 aliphatic heterocycles. The molecular weight excluding hydrogens is 278 g/mol. The van der Waals surface area contributed by atoms with Crippen LogP contribution in [0.5, 0.6) is 0 Å². The number of nitrogens with two attached hydrogens (primary N) is 1. The number of nitrogens with zero attached hydrogens (tertiary/aromatic N) is 3. The first kappa shape index (κ1) is 15.0. The van der Waals surface area contributed by atoms with E-state index in [9.17, 15) is 18.5 Å². The van der Waals surface area contributed by atoms with Gasteiger partial charge in [-0.25, -0.2) is 24.0 Å². The number of nitrogen functional groups attached to an aromatic ring is 1. The molecule has 0 spiro atoms. The molecule has 0 saturated heterocycles. The summed E-state index contributed by atoms with van der Waals surface area (Å²) in [6.07, 6.45) is 2.01. The Hall–Kier alpha value is -2.05. The van der Waals surface area contributed by atoms with Crippen LogP contribution >= 0.6 is 0 Å². The van der Waals surface area contributed by atoms with Crippen molar-refractivity contribution in [1.82, 2.24) is 14.7 Å². The van der Waals surface area contributed by atoms with Crippen LogP contribution in [0.15, 0.2) is 6.20 Å². The maximum Gasteiger partial charge on any atom is 0.329 e. The van der Waals surface area contributed by atoms with Crippen LogP contribution in [-0.4, -0.2) is 42.7 Å². The van der Waals surface area contributed by atoms with Crippen molar-refractivity contribution in [3.05, 3.63) is 16.3 Å². The third-order valence-corrected chi connectivity index (χ3v) is 2.61. The lowest BCUT2D eigenvalue weighted by molar-refractivity contribution is -0.384. The molecule has 1 aromatic heterocycles. The van der Waals surface area contributed by atoms with E-state index in [1.54, 1.807) is 0 Å². The van der Waals surface area contributed by atoms with Crippen LogP contribution in [0.2, 0.25) is 0 Å². The van der Waals surface area contributed by atoms with Crippen molar-refractivity contribution in [1.29, 1.82) is 0 Å². The molecule has 11 nitrogen and oxygen atoms in total. The van der Waals surface area contributed by atoms with Crippen molar-refractivity contribution in [3.8, 4) is 0 Å². The molecule has 0 aliphatic carbocycles. The molecule has 0 bridgehead atoms. The first-order chi connectivity index (χ1) is 8.83. The number of hydrogen-bond acceptors (Lipinski definition) is 9. The monoisotopic (exact) mass is 291 g/mol. The highest BCUT2D eigenvalue weighted by Gasteiger charge is 2.16. The first-order valence-electron chi connectivity index (χ1n) is 5.00. The number of sulfonamides is 1. The van der Waals surface area contributed by atoms with Gasteiger partial charge in [-0.15, -0.1) is 0 Å². The van der Waals surface area contributed by atoms with E-state index in [1.165, 1.54) is 0 Å². The number of anilines is 2. The number of hydrazine groups is 1. The molecule has 1 aromatic rings. The minimum atomic E-state index is -3.31. The quantitative estimate of drug-likeness (QED) is 0.205. The van der Waals surface area contributed by atoms with Gasteiger partial charge < -0.3 is 5.32 Å². The molecule has 1 heterocycles. The molecule has 0 atom stereocenters.